The summed E-state index contributed by atoms with van der Waals surface area (Å²) in [7, 11) is 0. The summed E-state index contributed by atoms with van der Waals surface area (Å²) in [5, 5.41) is 6.89. The smallest absolute Gasteiger partial charge is 0.408 e. The number of hydrazine groups is 1. The fourth-order valence-corrected chi connectivity index (χ4v) is 4.75. The van der Waals surface area contributed by atoms with E-state index < -0.39 is 30.0 Å². The van der Waals surface area contributed by atoms with E-state index in [1.165, 1.54) is 11.3 Å². The topological polar surface area (TPSA) is 128 Å². The SMILES string of the molecule is NC(Cc1cccs1)C(=O)N(N)C(=O)[C@H](Cc1cccc2ccccc12)NC(=O)OCc1ccccc1. The molecule has 1 heterocycles. The number of nitrogens with one attached hydrogen (secondary N) is 1. The van der Waals surface area contributed by atoms with Crippen LogP contribution in [0.4, 0.5) is 4.79 Å². The number of nitrogens with two attached hydrogens (primary N) is 2. The summed E-state index contributed by atoms with van der Waals surface area (Å²) in [5.41, 5.74) is 7.66. The minimum Gasteiger partial charge on any atom is -0.445 e. The lowest BCUT2D eigenvalue weighted by Crippen LogP contribution is -2.58. The van der Waals surface area contributed by atoms with E-state index in [0.29, 0.717) is 5.01 Å². The monoisotopic (exact) mass is 516 g/mol. The molecule has 9 heteroatoms. The maximum Gasteiger partial charge on any atom is 0.408 e. The van der Waals surface area contributed by atoms with Gasteiger partial charge in [-0.05, 0) is 33.3 Å². The van der Waals surface area contributed by atoms with Gasteiger partial charge in [-0.3, -0.25) is 9.59 Å². The third-order valence-corrected chi connectivity index (χ3v) is 6.80. The lowest BCUT2D eigenvalue weighted by Gasteiger charge is -2.25. The summed E-state index contributed by atoms with van der Waals surface area (Å²) >= 11 is 1.46. The zero-order chi connectivity index (χ0) is 26.2. The number of alkyl carbamates (subject to hydrolysis) is 1. The number of imide groups is 1. The highest BCUT2D eigenvalue weighted by Crippen LogP contribution is 2.20. The summed E-state index contributed by atoms with van der Waals surface area (Å²) in [6.45, 7) is 0.0266. The van der Waals surface area contributed by atoms with Gasteiger partial charge in [0.2, 0.25) is 0 Å². The maximum atomic E-state index is 13.4. The van der Waals surface area contributed by atoms with Crippen molar-refractivity contribution in [2.24, 2.45) is 11.6 Å². The highest BCUT2D eigenvalue weighted by molar-refractivity contribution is 7.09. The van der Waals surface area contributed by atoms with Crippen LogP contribution in [0, 0.1) is 0 Å². The fraction of sp³-hybridized carbons (Fsp3) is 0.179. The fourth-order valence-electron chi connectivity index (χ4n) is 3.99. The van der Waals surface area contributed by atoms with Gasteiger partial charge in [-0.15, -0.1) is 11.3 Å². The van der Waals surface area contributed by atoms with E-state index in [2.05, 4.69) is 5.32 Å². The number of amides is 3. The molecule has 0 aliphatic rings. The van der Waals surface area contributed by atoms with Crippen LogP contribution in [0.3, 0.4) is 0 Å². The Morgan fingerprint density at radius 2 is 1.59 bits per heavy atom. The number of carbonyl (C=O) groups is 3. The molecule has 0 radical (unpaired) electrons. The Labute approximate surface area is 218 Å². The highest BCUT2D eigenvalue weighted by atomic mass is 32.1. The van der Waals surface area contributed by atoms with Crippen LogP contribution in [-0.4, -0.2) is 35.0 Å². The Morgan fingerprint density at radius 3 is 2.35 bits per heavy atom. The molecule has 4 rings (SSSR count). The minimum atomic E-state index is -1.16. The first-order valence-electron chi connectivity index (χ1n) is 11.8. The predicted octanol–water partition coefficient (Wildman–Crippen LogP) is 3.54. The van der Waals surface area contributed by atoms with Crippen LogP contribution < -0.4 is 16.9 Å². The van der Waals surface area contributed by atoms with Crippen molar-refractivity contribution in [3.63, 3.8) is 0 Å². The number of carbonyl (C=O) groups excluding carboxylic acids is 3. The first-order chi connectivity index (χ1) is 17.9. The average Bonchev–Trinajstić information content (AvgIpc) is 3.44. The van der Waals surface area contributed by atoms with E-state index in [-0.39, 0.29) is 19.4 Å². The Kier molecular flexibility index (Phi) is 8.63. The number of rotatable bonds is 9. The number of hydrogen-bond donors (Lipinski definition) is 3. The largest absolute Gasteiger partial charge is 0.445 e. The normalized spacial score (nSPS) is 12.5. The van der Waals surface area contributed by atoms with Crippen molar-refractivity contribution >= 4 is 40.0 Å². The van der Waals surface area contributed by atoms with Gasteiger partial charge in [-0.2, -0.15) is 0 Å². The van der Waals surface area contributed by atoms with Crippen molar-refractivity contribution in [1.29, 1.82) is 0 Å². The van der Waals surface area contributed by atoms with Gasteiger partial charge in [0.15, 0.2) is 0 Å². The summed E-state index contributed by atoms with van der Waals surface area (Å²) in [5.74, 6) is 4.45. The molecule has 0 saturated carbocycles. The number of ether oxygens (including phenoxy) is 1. The molecule has 0 fully saturated rings. The number of fused-ring (bicyclic) bond motifs is 1. The zero-order valence-electron chi connectivity index (χ0n) is 20.1. The molecule has 0 spiro atoms. The van der Waals surface area contributed by atoms with Gasteiger partial charge in [0.25, 0.3) is 11.8 Å². The molecule has 5 N–H and O–H groups in total. The van der Waals surface area contributed by atoms with Gasteiger partial charge < -0.3 is 15.8 Å². The van der Waals surface area contributed by atoms with Crippen LogP contribution in [0.5, 0.6) is 0 Å². The van der Waals surface area contributed by atoms with Gasteiger partial charge in [0.05, 0.1) is 6.04 Å². The molecule has 3 amide bonds. The molecule has 2 atom stereocenters. The van der Waals surface area contributed by atoms with Crippen molar-refractivity contribution in [2.75, 3.05) is 0 Å². The van der Waals surface area contributed by atoms with Crippen molar-refractivity contribution in [3.05, 3.63) is 106 Å². The van der Waals surface area contributed by atoms with Crippen molar-refractivity contribution in [1.82, 2.24) is 10.3 Å². The molecule has 0 aliphatic heterocycles. The molecule has 8 nitrogen and oxygen atoms in total. The third-order valence-electron chi connectivity index (χ3n) is 5.90. The highest BCUT2D eigenvalue weighted by Gasteiger charge is 2.32. The molecule has 3 aromatic carbocycles. The summed E-state index contributed by atoms with van der Waals surface area (Å²) in [6, 6.07) is 24.1. The van der Waals surface area contributed by atoms with Gasteiger partial charge in [0.1, 0.15) is 12.6 Å². The van der Waals surface area contributed by atoms with Gasteiger partial charge in [-0.1, -0.05) is 78.9 Å². The van der Waals surface area contributed by atoms with E-state index in [0.717, 1.165) is 26.8 Å². The standard InChI is InChI=1S/C28H28N4O4S/c29-24(17-22-13-7-15-37-22)26(33)32(30)27(34)25(31-28(35)36-18-19-8-2-1-3-9-19)16-21-12-6-11-20-10-4-5-14-23(20)21/h1-15,24-25H,16-18,29-30H2,(H,31,35)/t24?,25-/m0/s1. The van der Waals surface area contributed by atoms with Crippen LogP contribution in [0.1, 0.15) is 16.0 Å². The molecular weight excluding hydrogens is 488 g/mol. The molecule has 4 aromatic rings. The summed E-state index contributed by atoms with van der Waals surface area (Å²) in [6.07, 6.45) is -0.453. The number of thiophene rings is 1. The van der Waals surface area contributed by atoms with Crippen LogP contribution in [0.25, 0.3) is 10.8 Å². The predicted molar refractivity (Wildman–Crippen MR) is 143 cm³/mol. The first-order valence-corrected chi connectivity index (χ1v) is 12.6. The minimum absolute atomic E-state index is 0.0266. The third kappa shape index (κ3) is 6.79. The van der Waals surface area contributed by atoms with Crippen LogP contribution in [0.2, 0.25) is 0 Å². The van der Waals surface area contributed by atoms with E-state index in [1.807, 2.05) is 90.3 Å². The van der Waals surface area contributed by atoms with Crippen molar-refractivity contribution in [2.45, 2.75) is 31.5 Å². The zero-order valence-corrected chi connectivity index (χ0v) is 20.9. The second-order valence-corrected chi connectivity index (χ2v) is 9.57. The number of nitrogens with zero attached hydrogens (tertiary/aromatic N) is 1. The number of benzene rings is 3. The van der Waals surface area contributed by atoms with Gasteiger partial charge in [-0.25, -0.2) is 15.6 Å². The van der Waals surface area contributed by atoms with E-state index in [4.69, 9.17) is 16.3 Å². The van der Waals surface area contributed by atoms with Gasteiger partial charge in [0, 0.05) is 17.7 Å². The Balaban J connectivity index is 1.52. The summed E-state index contributed by atoms with van der Waals surface area (Å²) < 4.78 is 5.32. The second-order valence-electron chi connectivity index (χ2n) is 8.54. The molecule has 0 saturated heterocycles. The van der Waals surface area contributed by atoms with E-state index in [9.17, 15) is 14.4 Å². The maximum absolute atomic E-state index is 13.4. The average molecular weight is 517 g/mol. The molecule has 1 unspecified atom stereocenters. The molecular formula is C28H28N4O4S. The Bertz CT molecular complexity index is 1360. The molecule has 1 aromatic heterocycles. The van der Waals surface area contributed by atoms with Crippen molar-refractivity contribution < 1.29 is 19.1 Å². The molecule has 190 valence electrons. The van der Waals surface area contributed by atoms with E-state index >= 15 is 0 Å². The molecule has 0 aliphatic carbocycles. The van der Waals surface area contributed by atoms with Crippen LogP contribution >= 0.6 is 11.3 Å². The Hall–Kier alpha value is -4.05. The molecule has 0 bridgehead atoms. The van der Waals surface area contributed by atoms with Gasteiger partial charge >= 0.3 is 6.09 Å². The quantitative estimate of drug-likeness (QED) is 0.177. The lowest BCUT2D eigenvalue weighted by atomic mass is 9.98. The van der Waals surface area contributed by atoms with Crippen molar-refractivity contribution in [3.8, 4) is 0 Å². The number of hydrogen-bond acceptors (Lipinski definition) is 7. The lowest BCUT2D eigenvalue weighted by molar-refractivity contribution is -0.147. The summed E-state index contributed by atoms with van der Waals surface area (Å²) in [4.78, 5) is 39.9. The van der Waals surface area contributed by atoms with Crippen LogP contribution in [-0.2, 0) is 33.8 Å². The Morgan fingerprint density at radius 1 is 0.865 bits per heavy atom. The second kappa shape index (κ2) is 12.3. The first kappa shape index (κ1) is 26.0. The van der Waals surface area contributed by atoms with Crippen LogP contribution in [0.15, 0.2) is 90.3 Å². The van der Waals surface area contributed by atoms with E-state index in [1.54, 1.807) is 0 Å². The molecule has 37 heavy (non-hydrogen) atoms.